The van der Waals surface area contributed by atoms with E-state index >= 15 is 0 Å². The molecule has 0 bridgehead atoms. The van der Waals surface area contributed by atoms with Gasteiger partial charge in [-0.1, -0.05) is 11.9 Å². The van der Waals surface area contributed by atoms with Gasteiger partial charge in [-0.2, -0.15) is 0 Å². The summed E-state index contributed by atoms with van der Waals surface area (Å²) in [6.07, 6.45) is 2.39. The van der Waals surface area contributed by atoms with Crippen molar-refractivity contribution in [2.24, 2.45) is 5.73 Å². The molecule has 0 amide bonds. The Bertz CT molecular complexity index is 173. The van der Waals surface area contributed by atoms with Crippen LogP contribution in [0.15, 0.2) is 0 Å². The summed E-state index contributed by atoms with van der Waals surface area (Å²) >= 11 is 1.76. The molecule has 84 valence electrons. The second kappa shape index (κ2) is 5.35. The molecule has 1 rings (SSSR count). The van der Waals surface area contributed by atoms with E-state index in [9.17, 15) is 0 Å². The van der Waals surface area contributed by atoms with Gasteiger partial charge < -0.3 is 11.1 Å². The lowest BCUT2D eigenvalue weighted by Gasteiger charge is -2.36. The van der Waals surface area contributed by atoms with Crippen molar-refractivity contribution < 1.29 is 0 Å². The molecule has 1 atom stereocenters. The molecule has 4 heteroatoms. The van der Waals surface area contributed by atoms with Crippen molar-refractivity contribution >= 4 is 11.9 Å². The molecule has 0 aromatic carbocycles. The van der Waals surface area contributed by atoms with Gasteiger partial charge in [-0.05, 0) is 33.6 Å². The van der Waals surface area contributed by atoms with Crippen LogP contribution in [0.25, 0.3) is 0 Å². The van der Waals surface area contributed by atoms with Gasteiger partial charge in [0.15, 0.2) is 0 Å². The van der Waals surface area contributed by atoms with Gasteiger partial charge in [-0.25, -0.2) is 4.31 Å². The lowest BCUT2D eigenvalue weighted by molar-refractivity contribution is 0.252. The third-order valence-electron chi connectivity index (χ3n) is 2.69. The van der Waals surface area contributed by atoms with Gasteiger partial charge in [0.05, 0.1) is 5.88 Å². The Morgan fingerprint density at radius 1 is 1.50 bits per heavy atom. The molecule has 1 unspecified atom stereocenters. The zero-order valence-electron chi connectivity index (χ0n) is 9.55. The van der Waals surface area contributed by atoms with Gasteiger partial charge in [0, 0.05) is 24.7 Å². The summed E-state index contributed by atoms with van der Waals surface area (Å²) in [5.74, 6) is 0.697. The zero-order valence-corrected chi connectivity index (χ0v) is 10.4. The van der Waals surface area contributed by atoms with Crippen LogP contribution in [-0.2, 0) is 0 Å². The minimum atomic E-state index is 0.257. The van der Waals surface area contributed by atoms with E-state index in [0.717, 1.165) is 13.1 Å². The van der Waals surface area contributed by atoms with Crippen molar-refractivity contribution in [3.8, 4) is 0 Å². The second-order valence-corrected chi connectivity index (χ2v) is 5.80. The van der Waals surface area contributed by atoms with Gasteiger partial charge in [-0.3, -0.25) is 0 Å². The summed E-state index contributed by atoms with van der Waals surface area (Å²) in [7, 11) is 0. The Balaban J connectivity index is 2.47. The van der Waals surface area contributed by atoms with Crippen LogP contribution in [0.5, 0.6) is 0 Å². The fraction of sp³-hybridized carbons (Fsp3) is 1.00. The van der Waals surface area contributed by atoms with Crippen LogP contribution in [0.4, 0.5) is 0 Å². The molecule has 1 fully saturated rings. The molecule has 1 saturated heterocycles. The van der Waals surface area contributed by atoms with E-state index in [2.05, 4.69) is 30.4 Å². The molecule has 1 heterocycles. The van der Waals surface area contributed by atoms with Crippen LogP contribution < -0.4 is 11.1 Å². The Hall–Kier alpha value is 0.230. The molecule has 0 radical (unpaired) electrons. The van der Waals surface area contributed by atoms with Gasteiger partial charge >= 0.3 is 0 Å². The van der Waals surface area contributed by atoms with Crippen molar-refractivity contribution in [1.82, 2.24) is 9.62 Å². The van der Waals surface area contributed by atoms with Gasteiger partial charge in [0.25, 0.3) is 0 Å². The SMILES string of the molecule is CC1CCN(SCN)CCC(C)(C)N1. The zero-order chi connectivity index (χ0) is 10.6. The van der Waals surface area contributed by atoms with E-state index in [-0.39, 0.29) is 5.54 Å². The first-order valence-electron chi connectivity index (χ1n) is 5.39. The van der Waals surface area contributed by atoms with E-state index in [4.69, 9.17) is 5.73 Å². The van der Waals surface area contributed by atoms with Gasteiger partial charge in [-0.15, -0.1) is 0 Å². The van der Waals surface area contributed by atoms with E-state index in [0.29, 0.717) is 11.9 Å². The smallest absolute Gasteiger partial charge is 0.0542 e. The topological polar surface area (TPSA) is 41.3 Å². The number of hydrogen-bond acceptors (Lipinski definition) is 4. The maximum Gasteiger partial charge on any atom is 0.0542 e. The third-order valence-corrected chi connectivity index (χ3v) is 3.57. The summed E-state index contributed by atoms with van der Waals surface area (Å²) in [6.45, 7) is 9.10. The monoisotopic (exact) mass is 217 g/mol. The predicted octanol–water partition coefficient (Wildman–Crippen LogP) is 1.40. The van der Waals surface area contributed by atoms with Crippen molar-refractivity contribution in [2.75, 3.05) is 19.0 Å². The predicted molar refractivity (Wildman–Crippen MR) is 64.1 cm³/mol. The first-order valence-corrected chi connectivity index (χ1v) is 6.33. The normalized spacial score (nSPS) is 29.6. The third kappa shape index (κ3) is 4.17. The summed E-state index contributed by atoms with van der Waals surface area (Å²) in [5, 5.41) is 3.65. The first kappa shape index (κ1) is 12.3. The minimum absolute atomic E-state index is 0.257. The molecule has 1 aliphatic rings. The molecule has 0 spiro atoms. The highest BCUT2D eigenvalue weighted by Crippen LogP contribution is 2.19. The number of nitrogens with one attached hydrogen (secondary N) is 1. The summed E-state index contributed by atoms with van der Waals surface area (Å²) < 4.78 is 2.40. The van der Waals surface area contributed by atoms with Crippen LogP contribution in [-0.4, -0.2) is 34.9 Å². The molecule has 3 nitrogen and oxygen atoms in total. The lowest BCUT2D eigenvalue weighted by Crippen LogP contribution is -2.49. The van der Waals surface area contributed by atoms with Crippen molar-refractivity contribution in [1.29, 1.82) is 0 Å². The summed E-state index contributed by atoms with van der Waals surface area (Å²) in [6, 6.07) is 0.603. The first-order chi connectivity index (χ1) is 6.53. The highest BCUT2D eigenvalue weighted by molar-refractivity contribution is 7.96. The van der Waals surface area contributed by atoms with E-state index < -0.39 is 0 Å². The Morgan fingerprint density at radius 2 is 2.21 bits per heavy atom. The van der Waals surface area contributed by atoms with Crippen LogP contribution in [0.2, 0.25) is 0 Å². The van der Waals surface area contributed by atoms with Gasteiger partial charge in [0.2, 0.25) is 0 Å². The van der Waals surface area contributed by atoms with Crippen LogP contribution in [0.1, 0.15) is 33.6 Å². The average Bonchev–Trinajstić information content (AvgIpc) is 2.07. The number of nitrogens with zero attached hydrogens (tertiary/aromatic N) is 1. The minimum Gasteiger partial charge on any atom is -0.321 e. The molecule has 0 aromatic rings. The van der Waals surface area contributed by atoms with Crippen LogP contribution in [0.3, 0.4) is 0 Å². The Labute approximate surface area is 91.9 Å². The molecule has 0 aliphatic carbocycles. The number of rotatable bonds is 2. The quantitative estimate of drug-likeness (QED) is 0.542. The van der Waals surface area contributed by atoms with E-state index in [1.807, 2.05) is 0 Å². The van der Waals surface area contributed by atoms with Crippen LogP contribution >= 0.6 is 11.9 Å². The van der Waals surface area contributed by atoms with Crippen molar-refractivity contribution in [2.45, 2.75) is 45.2 Å². The maximum absolute atomic E-state index is 5.56. The van der Waals surface area contributed by atoms with E-state index in [1.165, 1.54) is 12.8 Å². The van der Waals surface area contributed by atoms with Crippen molar-refractivity contribution in [3.05, 3.63) is 0 Å². The standard InChI is InChI=1S/C10H23N3S/c1-9-4-6-13(14-8-11)7-5-10(2,3)12-9/h9,12H,4-8,11H2,1-3H3. The molecule has 1 aliphatic heterocycles. The highest BCUT2D eigenvalue weighted by atomic mass is 32.2. The average molecular weight is 217 g/mol. The molecule has 0 saturated carbocycles. The molecular formula is C10H23N3S. The van der Waals surface area contributed by atoms with Crippen molar-refractivity contribution in [3.63, 3.8) is 0 Å². The summed E-state index contributed by atoms with van der Waals surface area (Å²) in [5.41, 5.74) is 5.81. The number of nitrogens with two attached hydrogens (primary N) is 1. The summed E-state index contributed by atoms with van der Waals surface area (Å²) in [4.78, 5) is 0. The molecule has 14 heavy (non-hydrogen) atoms. The highest BCUT2D eigenvalue weighted by Gasteiger charge is 2.24. The largest absolute Gasteiger partial charge is 0.321 e. The molecular weight excluding hydrogens is 194 g/mol. The fourth-order valence-electron chi connectivity index (χ4n) is 1.90. The number of hydrogen-bond donors (Lipinski definition) is 2. The fourth-order valence-corrected chi connectivity index (χ4v) is 2.57. The van der Waals surface area contributed by atoms with E-state index in [1.54, 1.807) is 11.9 Å². The molecule has 3 N–H and O–H groups in total. The Kier molecular flexibility index (Phi) is 4.70. The van der Waals surface area contributed by atoms with Gasteiger partial charge in [0.1, 0.15) is 0 Å². The maximum atomic E-state index is 5.56. The van der Waals surface area contributed by atoms with Crippen LogP contribution in [0, 0.1) is 0 Å². The molecule has 0 aromatic heterocycles. The Morgan fingerprint density at radius 3 is 2.86 bits per heavy atom. The second-order valence-electron chi connectivity index (χ2n) is 4.69. The lowest BCUT2D eigenvalue weighted by atomic mass is 9.97.